The first kappa shape index (κ1) is 19.2. The normalized spacial score (nSPS) is 14.0. The maximum atomic E-state index is 12.1. The first-order chi connectivity index (χ1) is 13.2. The van der Waals surface area contributed by atoms with Crippen LogP contribution in [0.5, 0.6) is 5.75 Å². The molecule has 5 nitrogen and oxygen atoms in total. The number of nitrogens with one attached hydrogen (secondary N) is 1. The minimum atomic E-state index is 0.0927. The number of carbonyl (C=O) groups excluding carboxylic acids is 1. The smallest absolute Gasteiger partial charge is 0.220 e. The Labute approximate surface area is 161 Å². The van der Waals surface area contributed by atoms with Gasteiger partial charge in [0.05, 0.1) is 20.3 Å². The van der Waals surface area contributed by atoms with E-state index in [-0.39, 0.29) is 5.91 Å². The zero-order valence-electron chi connectivity index (χ0n) is 15.9. The van der Waals surface area contributed by atoms with Crippen LogP contribution in [0, 0.1) is 0 Å². The molecule has 1 aliphatic heterocycles. The Morgan fingerprint density at radius 2 is 1.85 bits per heavy atom. The number of anilines is 1. The average molecular weight is 368 g/mol. The van der Waals surface area contributed by atoms with Gasteiger partial charge in [-0.2, -0.15) is 0 Å². The summed E-state index contributed by atoms with van der Waals surface area (Å²) in [4.78, 5) is 14.4. The molecule has 27 heavy (non-hydrogen) atoms. The Balaban J connectivity index is 1.38. The molecule has 0 radical (unpaired) electrons. The summed E-state index contributed by atoms with van der Waals surface area (Å²) in [5, 5.41) is 3.00. The molecule has 1 aliphatic rings. The lowest BCUT2D eigenvalue weighted by molar-refractivity contribution is -0.121. The number of rotatable bonds is 8. The number of hydrogen-bond donors (Lipinski definition) is 1. The second kappa shape index (κ2) is 9.97. The van der Waals surface area contributed by atoms with E-state index in [9.17, 15) is 4.79 Å². The first-order valence-electron chi connectivity index (χ1n) is 9.56. The highest BCUT2D eigenvalue weighted by molar-refractivity contribution is 5.76. The van der Waals surface area contributed by atoms with E-state index >= 15 is 0 Å². The van der Waals surface area contributed by atoms with E-state index in [0.717, 1.165) is 50.5 Å². The minimum absolute atomic E-state index is 0.0927. The standard InChI is InChI=1S/C22H28N2O3/c1-26-21-4-2-3-19(17-21)11-12-23-22(25)10-7-18-5-8-20(9-6-18)24-13-15-27-16-14-24/h2-6,8-9,17H,7,10-16H2,1H3,(H,23,25). The van der Waals surface area contributed by atoms with Crippen LogP contribution in [0.25, 0.3) is 0 Å². The summed E-state index contributed by atoms with van der Waals surface area (Å²) >= 11 is 0. The van der Waals surface area contributed by atoms with Crippen LogP contribution in [-0.2, 0) is 22.4 Å². The molecule has 3 rings (SSSR count). The summed E-state index contributed by atoms with van der Waals surface area (Å²) in [6, 6.07) is 16.5. The van der Waals surface area contributed by atoms with Crippen LogP contribution in [0.3, 0.4) is 0 Å². The maximum Gasteiger partial charge on any atom is 0.220 e. The zero-order valence-corrected chi connectivity index (χ0v) is 15.9. The number of amides is 1. The van der Waals surface area contributed by atoms with Crippen molar-refractivity contribution in [3.63, 3.8) is 0 Å². The summed E-state index contributed by atoms with van der Waals surface area (Å²) < 4.78 is 10.6. The van der Waals surface area contributed by atoms with Crippen molar-refractivity contribution in [3.05, 3.63) is 59.7 Å². The van der Waals surface area contributed by atoms with Crippen molar-refractivity contribution in [1.29, 1.82) is 0 Å². The first-order valence-corrected chi connectivity index (χ1v) is 9.56. The van der Waals surface area contributed by atoms with Crippen LogP contribution >= 0.6 is 0 Å². The second-order valence-electron chi connectivity index (χ2n) is 6.72. The summed E-state index contributed by atoms with van der Waals surface area (Å²) in [6.45, 7) is 4.10. The van der Waals surface area contributed by atoms with Crippen molar-refractivity contribution >= 4 is 11.6 Å². The van der Waals surface area contributed by atoms with E-state index in [4.69, 9.17) is 9.47 Å². The van der Waals surface area contributed by atoms with E-state index in [0.29, 0.717) is 13.0 Å². The lowest BCUT2D eigenvalue weighted by atomic mass is 10.1. The molecule has 1 heterocycles. The summed E-state index contributed by atoms with van der Waals surface area (Å²) in [5.74, 6) is 0.939. The van der Waals surface area contributed by atoms with Crippen LogP contribution in [-0.4, -0.2) is 45.9 Å². The van der Waals surface area contributed by atoms with Crippen molar-refractivity contribution in [2.75, 3.05) is 44.9 Å². The second-order valence-corrected chi connectivity index (χ2v) is 6.72. The highest BCUT2D eigenvalue weighted by Crippen LogP contribution is 2.17. The van der Waals surface area contributed by atoms with Gasteiger partial charge >= 0.3 is 0 Å². The van der Waals surface area contributed by atoms with Gasteiger partial charge in [-0.05, 0) is 48.2 Å². The topological polar surface area (TPSA) is 50.8 Å². The minimum Gasteiger partial charge on any atom is -0.497 e. The number of morpholine rings is 1. The third kappa shape index (κ3) is 6.00. The van der Waals surface area contributed by atoms with Gasteiger partial charge in [0.25, 0.3) is 0 Å². The Bertz CT molecular complexity index is 725. The fourth-order valence-corrected chi connectivity index (χ4v) is 3.22. The monoisotopic (exact) mass is 368 g/mol. The highest BCUT2D eigenvalue weighted by atomic mass is 16.5. The molecular weight excluding hydrogens is 340 g/mol. The molecular formula is C22H28N2O3. The molecule has 5 heteroatoms. The van der Waals surface area contributed by atoms with Crippen molar-refractivity contribution in [2.45, 2.75) is 19.3 Å². The molecule has 0 spiro atoms. The van der Waals surface area contributed by atoms with Crippen LogP contribution in [0.4, 0.5) is 5.69 Å². The molecule has 1 N–H and O–H groups in total. The Kier molecular flexibility index (Phi) is 7.11. The molecule has 1 amide bonds. The van der Waals surface area contributed by atoms with Gasteiger partial charge in [0.2, 0.25) is 5.91 Å². The summed E-state index contributed by atoms with van der Waals surface area (Å²) in [5.41, 5.74) is 3.58. The van der Waals surface area contributed by atoms with Crippen molar-refractivity contribution in [1.82, 2.24) is 5.32 Å². The van der Waals surface area contributed by atoms with Gasteiger partial charge in [0.1, 0.15) is 5.75 Å². The molecule has 0 aromatic heterocycles. The van der Waals surface area contributed by atoms with E-state index in [1.165, 1.54) is 11.3 Å². The lowest BCUT2D eigenvalue weighted by Crippen LogP contribution is -2.36. The molecule has 144 valence electrons. The lowest BCUT2D eigenvalue weighted by Gasteiger charge is -2.28. The number of benzene rings is 2. The van der Waals surface area contributed by atoms with E-state index in [1.54, 1.807) is 7.11 Å². The predicted octanol–water partition coefficient (Wildman–Crippen LogP) is 2.82. The van der Waals surface area contributed by atoms with Gasteiger partial charge in [-0.1, -0.05) is 24.3 Å². The Morgan fingerprint density at radius 3 is 2.59 bits per heavy atom. The largest absolute Gasteiger partial charge is 0.497 e. The molecule has 2 aromatic carbocycles. The van der Waals surface area contributed by atoms with Crippen LogP contribution in [0.2, 0.25) is 0 Å². The van der Waals surface area contributed by atoms with E-state index in [2.05, 4.69) is 34.5 Å². The summed E-state index contributed by atoms with van der Waals surface area (Å²) in [7, 11) is 1.66. The average Bonchev–Trinajstić information content (AvgIpc) is 2.73. The highest BCUT2D eigenvalue weighted by Gasteiger charge is 2.11. The van der Waals surface area contributed by atoms with Gasteiger partial charge in [-0.15, -0.1) is 0 Å². The molecule has 0 atom stereocenters. The number of carbonyl (C=O) groups is 1. The van der Waals surface area contributed by atoms with E-state index < -0.39 is 0 Å². The molecule has 0 aliphatic carbocycles. The number of aryl methyl sites for hydroxylation is 1. The molecule has 1 saturated heterocycles. The van der Waals surface area contributed by atoms with Gasteiger partial charge in [-0.3, -0.25) is 4.79 Å². The molecule has 0 unspecified atom stereocenters. The Hall–Kier alpha value is -2.53. The predicted molar refractivity (Wildman–Crippen MR) is 108 cm³/mol. The van der Waals surface area contributed by atoms with Gasteiger partial charge in [0, 0.05) is 31.7 Å². The SMILES string of the molecule is COc1cccc(CCNC(=O)CCc2ccc(N3CCOCC3)cc2)c1. The van der Waals surface area contributed by atoms with Crippen molar-refractivity contribution in [3.8, 4) is 5.75 Å². The number of hydrogen-bond acceptors (Lipinski definition) is 4. The molecule has 1 fully saturated rings. The molecule has 0 saturated carbocycles. The number of nitrogens with zero attached hydrogens (tertiary/aromatic N) is 1. The molecule has 0 bridgehead atoms. The van der Waals surface area contributed by atoms with Gasteiger partial charge < -0.3 is 19.7 Å². The maximum absolute atomic E-state index is 12.1. The van der Waals surface area contributed by atoms with Crippen molar-refractivity contribution < 1.29 is 14.3 Å². The number of ether oxygens (including phenoxy) is 2. The van der Waals surface area contributed by atoms with Gasteiger partial charge in [0.15, 0.2) is 0 Å². The third-order valence-electron chi connectivity index (χ3n) is 4.82. The number of methoxy groups -OCH3 is 1. The third-order valence-corrected chi connectivity index (χ3v) is 4.82. The quantitative estimate of drug-likeness (QED) is 0.778. The molecule has 2 aromatic rings. The fraction of sp³-hybridized carbons (Fsp3) is 0.409. The summed E-state index contributed by atoms with van der Waals surface area (Å²) in [6.07, 6.45) is 2.07. The van der Waals surface area contributed by atoms with Gasteiger partial charge in [-0.25, -0.2) is 0 Å². The van der Waals surface area contributed by atoms with Crippen molar-refractivity contribution in [2.24, 2.45) is 0 Å². The fourth-order valence-electron chi connectivity index (χ4n) is 3.22. The van der Waals surface area contributed by atoms with Crippen LogP contribution < -0.4 is 15.0 Å². The van der Waals surface area contributed by atoms with E-state index in [1.807, 2.05) is 24.3 Å². The zero-order chi connectivity index (χ0) is 18.9. The Morgan fingerprint density at radius 1 is 1.07 bits per heavy atom. The van der Waals surface area contributed by atoms with Crippen LogP contribution in [0.1, 0.15) is 17.5 Å². The van der Waals surface area contributed by atoms with Crippen LogP contribution in [0.15, 0.2) is 48.5 Å².